The van der Waals surface area contributed by atoms with Gasteiger partial charge >= 0.3 is 0 Å². The van der Waals surface area contributed by atoms with Crippen LogP contribution in [0.1, 0.15) is 11.5 Å². The van der Waals surface area contributed by atoms with Gasteiger partial charge in [0.25, 0.3) is 0 Å². The number of alkyl halides is 2. The van der Waals surface area contributed by atoms with Crippen molar-refractivity contribution in [1.82, 2.24) is 0 Å². The quantitative estimate of drug-likeness (QED) is 0.268. The Morgan fingerprint density at radius 2 is 1.16 bits per heavy atom. The molecule has 0 aliphatic heterocycles. The summed E-state index contributed by atoms with van der Waals surface area (Å²) in [5, 5.41) is 0. The second-order valence-electron chi connectivity index (χ2n) is 7.23. The smallest absolute Gasteiger partial charge is 0.206 e. The molecule has 4 rings (SSSR count). The van der Waals surface area contributed by atoms with Crippen molar-refractivity contribution in [3.05, 3.63) is 114 Å². The van der Waals surface area contributed by atoms with Gasteiger partial charge in [0.2, 0.25) is 19.7 Å². The van der Waals surface area contributed by atoms with Crippen LogP contribution in [0.5, 0.6) is 0 Å². The predicted molar refractivity (Wildman–Crippen MR) is 133 cm³/mol. The minimum Gasteiger partial charge on any atom is -0.219 e. The zero-order valence-corrected chi connectivity index (χ0v) is 21.4. The maximum absolute atomic E-state index is 13.6. The van der Waals surface area contributed by atoms with E-state index < -0.39 is 28.8 Å². The van der Waals surface area contributed by atoms with Crippen LogP contribution in [0.4, 0.5) is 0 Å². The fourth-order valence-corrected chi connectivity index (χ4v) is 7.90. The van der Waals surface area contributed by atoms with Crippen LogP contribution in [-0.2, 0) is 19.7 Å². The van der Waals surface area contributed by atoms with Crippen molar-refractivity contribution in [2.75, 3.05) is 0 Å². The lowest BCUT2D eigenvalue weighted by molar-refractivity contribution is 0.592. The zero-order chi connectivity index (χ0) is 23.0. The lowest BCUT2D eigenvalue weighted by atomic mass is 9.94. The van der Waals surface area contributed by atoms with Gasteiger partial charge in [0.15, 0.2) is 0 Å². The van der Waals surface area contributed by atoms with Crippen LogP contribution in [0, 0.1) is 0 Å². The Bertz CT molecular complexity index is 1410. The molecule has 0 N–H and O–H groups in total. The first kappa shape index (κ1) is 23.2. The third kappa shape index (κ3) is 4.41. The van der Waals surface area contributed by atoms with Gasteiger partial charge in [0.1, 0.15) is 3.23 Å². The second kappa shape index (κ2) is 8.74. The van der Waals surface area contributed by atoms with E-state index >= 15 is 0 Å². The summed E-state index contributed by atoms with van der Waals surface area (Å²) >= 11 is 6.93. The Morgan fingerprint density at radius 1 is 0.656 bits per heavy atom. The molecule has 0 saturated carbocycles. The first-order chi connectivity index (χ1) is 15.1. The monoisotopic (exact) mass is 592 g/mol. The number of halogens is 2. The molecule has 0 radical (unpaired) electrons. The predicted octanol–water partition coefficient (Wildman–Crippen LogP) is 6.02. The molecule has 3 aromatic rings. The molecule has 0 heterocycles. The maximum atomic E-state index is 13.6. The van der Waals surface area contributed by atoms with Crippen LogP contribution in [0.3, 0.4) is 0 Å². The van der Waals surface area contributed by atoms with Crippen LogP contribution < -0.4 is 0 Å². The Balaban J connectivity index is 1.92. The van der Waals surface area contributed by atoms with Crippen molar-refractivity contribution in [2.24, 2.45) is 0 Å². The van der Waals surface area contributed by atoms with Gasteiger partial charge < -0.3 is 0 Å². The SMILES string of the molecule is O=S(=O)(C1=CC(Br)(Br)C=CC1c1ccccc1S(=O)(=O)c1ccccc1)c1ccccc1. The maximum Gasteiger partial charge on any atom is 0.206 e. The van der Waals surface area contributed by atoms with E-state index in [9.17, 15) is 16.8 Å². The van der Waals surface area contributed by atoms with E-state index in [0.29, 0.717) is 5.56 Å². The lowest BCUT2D eigenvalue weighted by Gasteiger charge is -2.27. The molecule has 3 aromatic carbocycles. The number of benzene rings is 3. The van der Waals surface area contributed by atoms with Gasteiger partial charge in [-0.2, -0.15) is 0 Å². The van der Waals surface area contributed by atoms with Crippen molar-refractivity contribution in [2.45, 2.75) is 23.8 Å². The Kier molecular flexibility index (Phi) is 6.33. The van der Waals surface area contributed by atoms with Gasteiger partial charge in [0, 0.05) is 5.92 Å². The topological polar surface area (TPSA) is 68.3 Å². The minimum absolute atomic E-state index is 0.0756. The van der Waals surface area contributed by atoms with E-state index in [1.807, 2.05) is 0 Å². The molecule has 32 heavy (non-hydrogen) atoms. The molecule has 1 unspecified atom stereocenters. The zero-order valence-electron chi connectivity index (χ0n) is 16.6. The first-order valence-electron chi connectivity index (χ1n) is 9.62. The van der Waals surface area contributed by atoms with E-state index in [-0.39, 0.29) is 19.6 Å². The highest BCUT2D eigenvalue weighted by Crippen LogP contribution is 2.45. The number of hydrogen-bond donors (Lipinski definition) is 0. The highest BCUT2D eigenvalue weighted by Gasteiger charge is 2.37. The van der Waals surface area contributed by atoms with Crippen LogP contribution in [0.25, 0.3) is 0 Å². The van der Waals surface area contributed by atoms with Crippen LogP contribution in [0.2, 0.25) is 0 Å². The number of allylic oxidation sites excluding steroid dienone is 4. The van der Waals surface area contributed by atoms with Crippen molar-refractivity contribution in [3.8, 4) is 0 Å². The number of rotatable bonds is 5. The van der Waals surface area contributed by atoms with Gasteiger partial charge in [-0.15, -0.1) is 0 Å². The summed E-state index contributed by atoms with van der Waals surface area (Å²) in [5.41, 5.74) is 0.397. The largest absolute Gasteiger partial charge is 0.219 e. The standard InChI is InChI=1S/C24H18Br2O4S2/c25-24(26)16-15-21(23(17-24)32(29,30)19-11-5-2-6-12-19)20-13-7-8-14-22(20)31(27,28)18-9-3-1-4-10-18/h1-17,21H. The molecule has 0 amide bonds. The van der Waals surface area contributed by atoms with Gasteiger partial charge in [-0.25, -0.2) is 16.8 Å². The fourth-order valence-electron chi connectivity index (χ4n) is 3.59. The highest BCUT2D eigenvalue weighted by molar-refractivity contribution is 9.25. The van der Waals surface area contributed by atoms with Gasteiger partial charge in [-0.05, 0) is 42.0 Å². The molecule has 0 bridgehead atoms. The summed E-state index contributed by atoms with van der Waals surface area (Å²) in [5.74, 6) is -0.780. The van der Waals surface area contributed by atoms with Gasteiger partial charge in [-0.1, -0.05) is 98.6 Å². The molecule has 8 heteroatoms. The Morgan fingerprint density at radius 3 is 1.75 bits per heavy atom. The summed E-state index contributed by atoms with van der Waals surface area (Å²) in [6.45, 7) is 0. The molecule has 0 fully saturated rings. The highest BCUT2D eigenvalue weighted by atomic mass is 79.9. The van der Waals surface area contributed by atoms with Crippen molar-refractivity contribution < 1.29 is 16.8 Å². The third-order valence-electron chi connectivity index (χ3n) is 5.11. The molecule has 1 atom stereocenters. The Hall–Kier alpha value is -2.00. The van der Waals surface area contributed by atoms with Crippen LogP contribution in [-0.4, -0.2) is 20.1 Å². The van der Waals surface area contributed by atoms with Gasteiger partial charge in [0.05, 0.1) is 19.6 Å². The third-order valence-corrected chi connectivity index (χ3v) is 9.83. The molecule has 0 spiro atoms. The summed E-state index contributed by atoms with van der Waals surface area (Å²) in [6, 6.07) is 22.8. The van der Waals surface area contributed by atoms with Gasteiger partial charge in [-0.3, -0.25) is 0 Å². The van der Waals surface area contributed by atoms with Crippen LogP contribution in [0.15, 0.2) is 123 Å². The van der Waals surface area contributed by atoms with E-state index in [4.69, 9.17) is 0 Å². The van der Waals surface area contributed by atoms with E-state index in [1.165, 1.54) is 30.3 Å². The normalized spacial score (nSPS) is 18.2. The molecule has 0 aromatic heterocycles. The fraction of sp³-hybridized carbons (Fsp3) is 0.0833. The molecular formula is C24H18Br2O4S2. The Labute approximate surface area is 204 Å². The average Bonchev–Trinajstić information content (AvgIpc) is 2.80. The average molecular weight is 594 g/mol. The second-order valence-corrected chi connectivity index (χ2v) is 14.8. The van der Waals surface area contributed by atoms with Crippen molar-refractivity contribution in [1.29, 1.82) is 0 Å². The summed E-state index contributed by atoms with van der Waals surface area (Å²) in [7, 11) is -7.76. The molecular weight excluding hydrogens is 576 g/mol. The number of hydrogen-bond acceptors (Lipinski definition) is 4. The molecule has 1 aliphatic rings. The van der Waals surface area contributed by atoms with Crippen LogP contribution >= 0.6 is 31.9 Å². The lowest BCUT2D eigenvalue weighted by Crippen LogP contribution is -2.21. The van der Waals surface area contributed by atoms with E-state index in [1.54, 1.807) is 72.8 Å². The van der Waals surface area contributed by atoms with E-state index in [0.717, 1.165) is 0 Å². The first-order valence-corrected chi connectivity index (χ1v) is 14.2. The summed E-state index contributed by atoms with van der Waals surface area (Å²) in [6.07, 6.45) is 5.03. The van der Waals surface area contributed by atoms with Crippen molar-refractivity contribution in [3.63, 3.8) is 0 Å². The summed E-state index contributed by atoms with van der Waals surface area (Å²) in [4.78, 5) is 0.465. The minimum atomic E-state index is -3.90. The molecule has 0 saturated heterocycles. The van der Waals surface area contributed by atoms with Crippen molar-refractivity contribution >= 4 is 51.5 Å². The molecule has 1 aliphatic carbocycles. The van der Waals surface area contributed by atoms with E-state index in [2.05, 4.69) is 31.9 Å². The number of sulfone groups is 2. The summed E-state index contributed by atoms with van der Waals surface area (Å²) < 4.78 is 53.2. The molecule has 4 nitrogen and oxygen atoms in total. The molecule has 164 valence electrons.